The van der Waals surface area contributed by atoms with Gasteiger partial charge in [0.05, 0.1) is 0 Å². The summed E-state index contributed by atoms with van der Waals surface area (Å²) in [7, 11) is 0. The molecule has 0 radical (unpaired) electrons. The smallest absolute Gasteiger partial charge is 0.126 e. The number of benzene rings is 1. The van der Waals surface area contributed by atoms with E-state index in [1.54, 1.807) is 6.07 Å². The minimum atomic E-state index is -0.0169. The zero-order valence-corrected chi connectivity index (χ0v) is 8.53. The Balaban J connectivity index is 2.32. The molecule has 0 fully saturated rings. The van der Waals surface area contributed by atoms with E-state index in [9.17, 15) is 4.39 Å². The van der Waals surface area contributed by atoms with Gasteiger partial charge in [0.15, 0.2) is 0 Å². The van der Waals surface area contributed by atoms with E-state index in [1.807, 2.05) is 17.8 Å². The number of rotatable bonds is 2. The van der Waals surface area contributed by atoms with Gasteiger partial charge >= 0.3 is 0 Å². The van der Waals surface area contributed by atoms with E-state index in [2.05, 4.69) is 13.0 Å². The molecule has 0 nitrogen and oxygen atoms in total. The van der Waals surface area contributed by atoms with E-state index >= 15 is 0 Å². The number of thioether (sulfide) groups is 1. The van der Waals surface area contributed by atoms with Gasteiger partial charge < -0.3 is 0 Å². The molecule has 0 saturated heterocycles. The monoisotopic (exact) mass is 196 g/mol. The molecular formula is C11H13FS. The highest BCUT2D eigenvalue weighted by molar-refractivity contribution is 7.99. The van der Waals surface area contributed by atoms with Crippen molar-refractivity contribution in [3.05, 3.63) is 35.1 Å². The lowest BCUT2D eigenvalue weighted by Gasteiger charge is -2.08. The summed E-state index contributed by atoms with van der Waals surface area (Å²) in [5.74, 6) is 1.09. The second-order valence-electron chi connectivity index (χ2n) is 3.29. The first-order chi connectivity index (χ1) is 6.33. The third-order valence-electron chi connectivity index (χ3n) is 2.53. The largest absolute Gasteiger partial charge is 0.207 e. The van der Waals surface area contributed by atoms with Crippen molar-refractivity contribution in [3.63, 3.8) is 0 Å². The van der Waals surface area contributed by atoms with E-state index in [4.69, 9.17) is 0 Å². The minimum Gasteiger partial charge on any atom is -0.207 e. The average molecular weight is 196 g/mol. The van der Waals surface area contributed by atoms with Crippen molar-refractivity contribution in [1.29, 1.82) is 0 Å². The van der Waals surface area contributed by atoms with Crippen LogP contribution in [0.1, 0.15) is 29.7 Å². The number of hydrogen-bond donors (Lipinski definition) is 0. The molecule has 0 heterocycles. The van der Waals surface area contributed by atoms with Crippen LogP contribution in [0.2, 0.25) is 0 Å². The first-order valence-corrected chi connectivity index (χ1v) is 5.76. The van der Waals surface area contributed by atoms with Gasteiger partial charge in [0.25, 0.3) is 0 Å². The van der Waals surface area contributed by atoms with Crippen LogP contribution in [-0.4, -0.2) is 5.75 Å². The van der Waals surface area contributed by atoms with Crippen LogP contribution in [0.5, 0.6) is 0 Å². The van der Waals surface area contributed by atoms with Crippen LogP contribution in [-0.2, 0) is 6.42 Å². The molecule has 1 aromatic carbocycles. The predicted molar refractivity (Wildman–Crippen MR) is 55.6 cm³/mol. The van der Waals surface area contributed by atoms with Crippen LogP contribution >= 0.6 is 11.8 Å². The molecule has 0 aromatic heterocycles. The van der Waals surface area contributed by atoms with Crippen molar-refractivity contribution in [2.24, 2.45) is 0 Å². The summed E-state index contributed by atoms with van der Waals surface area (Å²) >= 11 is 1.92. The Morgan fingerprint density at radius 3 is 3.15 bits per heavy atom. The summed E-state index contributed by atoms with van der Waals surface area (Å²) in [6, 6.07) is 5.46. The summed E-state index contributed by atoms with van der Waals surface area (Å²) < 4.78 is 13.3. The number of fused-ring (bicyclic) bond motifs is 1. The molecule has 0 amide bonds. The highest BCUT2D eigenvalue weighted by atomic mass is 32.2. The fraction of sp³-hybridized carbons (Fsp3) is 0.455. The lowest BCUT2D eigenvalue weighted by molar-refractivity contribution is 0.613. The van der Waals surface area contributed by atoms with Crippen LogP contribution in [0, 0.1) is 5.82 Å². The maximum absolute atomic E-state index is 13.3. The van der Waals surface area contributed by atoms with Crippen LogP contribution < -0.4 is 0 Å². The van der Waals surface area contributed by atoms with Gasteiger partial charge in [0, 0.05) is 5.25 Å². The summed E-state index contributed by atoms with van der Waals surface area (Å²) in [4.78, 5) is 0. The lowest BCUT2D eigenvalue weighted by atomic mass is 10.1. The first-order valence-electron chi connectivity index (χ1n) is 4.71. The summed E-state index contributed by atoms with van der Waals surface area (Å²) in [6.07, 6.45) is 2.02. The molecule has 1 aliphatic carbocycles. The molecule has 1 aromatic rings. The molecule has 0 saturated carbocycles. The Bertz CT molecular complexity index is 309. The highest BCUT2D eigenvalue weighted by Gasteiger charge is 2.24. The first kappa shape index (κ1) is 9.07. The summed E-state index contributed by atoms with van der Waals surface area (Å²) in [5, 5.41) is 0.538. The molecule has 13 heavy (non-hydrogen) atoms. The van der Waals surface area contributed by atoms with Crippen LogP contribution in [0.15, 0.2) is 18.2 Å². The Hall–Kier alpha value is -0.500. The molecular weight excluding hydrogens is 183 g/mol. The average Bonchev–Trinajstić information content (AvgIpc) is 2.51. The molecule has 1 aliphatic rings. The molecule has 0 aliphatic heterocycles. The zero-order valence-electron chi connectivity index (χ0n) is 7.72. The molecule has 0 spiro atoms. The van der Waals surface area contributed by atoms with Crippen molar-refractivity contribution in [2.75, 3.05) is 5.75 Å². The molecule has 1 atom stereocenters. The third kappa shape index (κ3) is 1.60. The number of hydrogen-bond acceptors (Lipinski definition) is 1. The van der Waals surface area contributed by atoms with Gasteiger partial charge in [0.2, 0.25) is 0 Å². The van der Waals surface area contributed by atoms with Gasteiger partial charge in [-0.1, -0.05) is 19.1 Å². The second kappa shape index (κ2) is 3.70. The molecule has 70 valence electrons. The van der Waals surface area contributed by atoms with Crippen LogP contribution in [0.25, 0.3) is 0 Å². The summed E-state index contributed by atoms with van der Waals surface area (Å²) in [6.45, 7) is 2.15. The second-order valence-corrected chi connectivity index (χ2v) is 4.77. The van der Waals surface area contributed by atoms with Crippen LogP contribution in [0.4, 0.5) is 4.39 Å². The minimum absolute atomic E-state index is 0.0169. The standard InChI is InChI=1S/C11H13FS/c1-2-13-11-7-6-8-9(11)4-3-5-10(8)12/h3-5,11H,2,6-7H2,1H3. The number of halogens is 1. The van der Waals surface area contributed by atoms with E-state index in [0.29, 0.717) is 5.25 Å². The van der Waals surface area contributed by atoms with E-state index in [-0.39, 0.29) is 5.82 Å². The van der Waals surface area contributed by atoms with Crippen LogP contribution in [0.3, 0.4) is 0 Å². The van der Waals surface area contributed by atoms with Crippen molar-refractivity contribution >= 4 is 11.8 Å². The van der Waals surface area contributed by atoms with Gasteiger partial charge in [0.1, 0.15) is 5.82 Å². The van der Waals surface area contributed by atoms with Crippen molar-refractivity contribution in [3.8, 4) is 0 Å². The SMILES string of the molecule is CCSC1CCc2c(F)cccc21. The zero-order chi connectivity index (χ0) is 9.26. The van der Waals surface area contributed by atoms with Crippen molar-refractivity contribution < 1.29 is 4.39 Å². The Labute approximate surface area is 82.5 Å². The Morgan fingerprint density at radius 1 is 1.54 bits per heavy atom. The lowest BCUT2D eigenvalue weighted by Crippen LogP contribution is -1.90. The fourth-order valence-electron chi connectivity index (χ4n) is 1.95. The predicted octanol–water partition coefficient (Wildman–Crippen LogP) is 3.57. The quantitative estimate of drug-likeness (QED) is 0.697. The molecule has 2 heteroatoms. The van der Waals surface area contributed by atoms with Gasteiger partial charge in [-0.3, -0.25) is 0 Å². The van der Waals surface area contributed by atoms with Crippen molar-refractivity contribution in [2.45, 2.75) is 25.0 Å². The van der Waals surface area contributed by atoms with E-state index in [1.165, 1.54) is 5.56 Å². The van der Waals surface area contributed by atoms with Crippen molar-refractivity contribution in [1.82, 2.24) is 0 Å². The maximum atomic E-state index is 13.3. The highest BCUT2D eigenvalue weighted by Crippen LogP contribution is 2.41. The van der Waals surface area contributed by atoms with Gasteiger partial charge in [-0.25, -0.2) is 4.39 Å². The van der Waals surface area contributed by atoms with Gasteiger partial charge in [-0.05, 0) is 35.8 Å². The molecule has 2 rings (SSSR count). The fourth-order valence-corrected chi connectivity index (χ4v) is 3.03. The Morgan fingerprint density at radius 2 is 2.38 bits per heavy atom. The topological polar surface area (TPSA) is 0 Å². The normalized spacial score (nSPS) is 20.3. The van der Waals surface area contributed by atoms with Gasteiger partial charge in [-0.15, -0.1) is 0 Å². The molecule has 1 unspecified atom stereocenters. The Kier molecular flexibility index (Phi) is 2.58. The van der Waals surface area contributed by atoms with E-state index < -0.39 is 0 Å². The summed E-state index contributed by atoms with van der Waals surface area (Å²) in [5.41, 5.74) is 2.18. The van der Waals surface area contributed by atoms with E-state index in [0.717, 1.165) is 24.2 Å². The molecule has 0 N–H and O–H groups in total. The third-order valence-corrected chi connectivity index (χ3v) is 3.75. The van der Waals surface area contributed by atoms with Gasteiger partial charge in [-0.2, -0.15) is 11.8 Å². The molecule has 0 bridgehead atoms. The maximum Gasteiger partial charge on any atom is 0.126 e.